The van der Waals surface area contributed by atoms with Crippen LogP contribution in [0.25, 0.3) is 0 Å². The fourth-order valence-corrected chi connectivity index (χ4v) is 2.14. The number of benzene rings is 1. The van der Waals surface area contributed by atoms with E-state index in [2.05, 4.69) is 32.0 Å². The van der Waals surface area contributed by atoms with Gasteiger partial charge in [-0.15, -0.1) is 0 Å². The SMILES string of the molecule is Cc1ccc(C(C)C)cc1C(C)(O)CCCO. The molecule has 0 amide bonds. The molecule has 0 fully saturated rings. The Morgan fingerprint density at radius 1 is 1.29 bits per heavy atom. The summed E-state index contributed by atoms with van der Waals surface area (Å²) in [4.78, 5) is 0. The van der Waals surface area contributed by atoms with Crippen molar-refractivity contribution in [3.05, 3.63) is 34.9 Å². The first kappa shape index (κ1) is 14.2. The molecule has 0 saturated heterocycles. The summed E-state index contributed by atoms with van der Waals surface area (Å²) in [7, 11) is 0. The van der Waals surface area contributed by atoms with E-state index >= 15 is 0 Å². The molecule has 2 heteroatoms. The fourth-order valence-electron chi connectivity index (χ4n) is 2.14. The van der Waals surface area contributed by atoms with E-state index in [0.717, 1.165) is 11.1 Å². The first-order chi connectivity index (χ1) is 7.88. The highest BCUT2D eigenvalue weighted by atomic mass is 16.3. The minimum Gasteiger partial charge on any atom is -0.396 e. The Hall–Kier alpha value is -0.860. The topological polar surface area (TPSA) is 40.5 Å². The van der Waals surface area contributed by atoms with Crippen molar-refractivity contribution in [3.8, 4) is 0 Å². The maximum atomic E-state index is 10.5. The van der Waals surface area contributed by atoms with Crippen LogP contribution in [0, 0.1) is 6.92 Å². The highest BCUT2D eigenvalue weighted by molar-refractivity contribution is 5.36. The molecule has 0 spiro atoms. The van der Waals surface area contributed by atoms with E-state index in [9.17, 15) is 5.11 Å². The van der Waals surface area contributed by atoms with Crippen molar-refractivity contribution in [2.75, 3.05) is 6.61 Å². The molecule has 0 aliphatic rings. The van der Waals surface area contributed by atoms with E-state index in [1.54, 1.807) is 0 Å². The van der Waals surface area contributed by atoms with Crippen LogP contribution in [-0.2, 0) is 5.60 Å². The molecule has 0 radical (unpaired) electrons. The molecule has 0 bridgehead atoms. The zero-order chi connectivity index (χ0) is 13.1. The van der Waals surface area contributed by atoms with Crippen molar-refractivity contribution in [3.63, 3.8) is 0 Å². The van der Waals surface area contributed by atoms with Gasteiger partial charge in [0.15, 0.2) is 0 Å². The van der Waals surface area contributed by atoms with Gasteiger partial charge in [0.05, 0.1) is 5.60 Å². The molecular formula is C15H24O2. The fraction of sp³-hybridized carbons (Fsp3) is 0.600. The van der Waals surface area contributed by atoms with Gasteiger partial charge in [0.1, 0.15) is 0 Å². The van der Waals surface area contributed by atoms with Gasteiger partial charge in [-0.1, -0.05) is 32.0 Å². The van der Waals surface area contributed by atoms with Crippen LogP contribution < -0.4 is 0 Å². The number of rotatable bonds is 5. The normalized spacial score (nSPS) is 15.0. The van der Waals surface area contributed by atoms with Crippen LogP contribution in [-0.4, -0.2) is 16.8 Å². The maximum Gasteiger partial charge on any atom is 0.0872 e. The van der Waals surface area contributed by atoms with Gasteiger partial charge in [0, 0.05) is 6.61 Å². The van der Waals surface area contributed by atoms with Crippen LogP contribution in [0.15, 0.2) is 18.2 Å². The van der Waals surface area contributed by atoms with Gasteiger partial charge in [-0.25, -0.2) is 0 Å². The second-order valence-electron chi connectivity index (χ2n) is 5.33. The van der Waals surface area contributed by atoms with Crippen LogP contribution in [0.1, 0.15) is 56.2 Å². The smallest absolute Gasteiger partial charge is 0.0872 e. The van der Waals surface area contributed by atoms with Crippen molar-refractivity contribution in [2.45, 2.75) is 52.1 Å². The molecule has 1 rings (SSSR count). The molecule has 1 unspecified atom stereocenters. The summed E-state index contributed by atoms with van der Waals surface area (Å²) in [6.07, 6.45) is 1.21. The average Bonchev–Trinajstić information content (AvgIpc) is 2.26. The molecule has 0 aromatic heterocycles. The van der Waals surface area contributed by atoms with Crippen molar-refractivity contribution in [2.24, 2.45) is 0 Å². The Labute approximate surface area is 104 Å². The van der Waals surface area contributed by atoms with Gasteiger partial charge < -0.3 is 10.2 Å². The molecule has 96 valence electrons. The molecule has 0 saturated carbocycles. The molecule has 0 heterocycles. The number of hydrogen-bond acceptors (Lipinski definition) is 2. The largest absolute Gasteiger partial charge is 0.396 e. The lowest BCUT2D eigenvalue weighted by atomic mass is 9.85. The minimum absolute atomic E-state index is 0.124. The van der Waals surface area contributed by atoms with E-state index < -0.39 is 5.60 Å². The third kappa shape index (κ3) is 3.55. The zero-order valence-electron chi connectivity index (χ0n) is 11.3. The summed E-state index contributed by atoms with van der Waals surface area (Å²) >= 11 is 0. The summed E-state index contributed by atoms with van der Waals surface area (Å²) in [5.41, 5.74) is 2.49. The van der Waals surface area contributed by atoms with Crippen LogP contribution in [0.5, 0.6) is 0 Å². The van der Waals surface area contributed by atoms with Gasteiger partial charge in [-0.3, -0.25) is 0 Å². The number of aliphatic hydroxyl groups is 2. The van der Waals surface area contributed by atoms with E-state index in [1.165, 1.54) is 5.56 Å². The third-order valence-electron chi connectivity index (χ3n) is 3.33. The second-order valence-corrected chi connectivity index (χ2v) is 5.33. The van der Waals surface area contributed by atoms with Crippen LogP contribution in [0.4, 0.5) is 0 Å². The molecule has 1 atom stereocenters. The summed E-state index contributed by atoms with van der Waals surface area (Å²) < 4.78 is 0. The predicted molar refractivity (Wildman–Crippen MR) is 71.2 cm³/mol. The van der Waals surface area contributed by atoms with Crippen molar-refractivity contribution < 1.29 is 10.2 Å². The van der Waals surface area contributed by atoms with E-state index in [-0.39, 0.29) is 6.61 Å². The first-order valence-corrected chi connectivity index (χ1v) is 6.32. The van der Waals surface area contributed by atoms with Crippen LogP contribution in [0.3, 0.4) is 0 Å². The van der Waals surface area contributed by atoms with Gasteiger partial charge in [-0.2, -0.15) is 0 Å². The Morgan fingerprint density at radius 3 is 2.47 bits per heavy atom. The molecule has 0 aliphatic carbocycles. The Morgan fingerprint density at radius 2 is 1.94 bits per heavy atom. The summed E-state index contributed by atoms with van der Waals surface area (Å²) in [5.74, 6) is 0.461. The molecule has 1 aromatic rings. The summed E-state index contributed by atoms with van der Waals surface area (Å²) in [5, 5.41) is 19.4. The van der Waals surface area contributed by atoms with Gasteiger partial charge in [0.2, 0.25) is 0 Å². The van der Waals surface area contributed by atoms with E-state index in [1.807, 2.05) is 13.8 Å². The van der Waals surface area contributed by atoms with Crippen molar-refractivity contribution in [1.82, 2.24) is 0 Å². The van der Waals surface area contributed by atoms with Gasteiger partial charge >= 0.3 is 0 Å². The molecule has 2 nitrogen and oxygen atoms in total. The number of hydrogen-bond donors (Lipinski definition) is 2. The highest BCUT2D eigenvalue weighted by Crippen LogP contribution is 2.31. The standard InChI is InChI=1S/C15H24O2/c1-11(2)13-7-6-12(3)14(10-13)15(4,17)8-5-9-16/h6-7,10-11,16-17H,5,8-9H2,1-4H3. The lowest BCUT2D eigenvalue weighted by molar-refractivity contribution is 0.0396. The zero-order valence-corrected chi connectivity index (χ0v) is 11.3. The van der Waals surface area contributed by atoms with Crippen molar-refractivity contribution >= 4 is 0 Å². The monoisotopic (exact) mass is 236 g/mol. The molecule has 17 heavy (non-hydrogen) atoms. The maximum absolute atomic E-state index is 10.5. The molecular weight excluding hydrogens is 212 g/mol. The highest BCUT2D eigenvalue weighted by Gasteiger charge is 2.24. The predicted octanol–water partition coefficient (Wildman–Crippen LogP) is 3.10. The second kappa shape index (κ2) is 5.65. The Bertz CT molecular complexity index is 367. The van der Waals surface area contributed by atoms with Gasteiger partial charge in [0.25, 0.3) is 0 Å². The number of aliphatic hydroxyl groups excluding tert-OH is 1. The molecule has 2 N–H and O–H groups in total. The van der Waals surface area contributed by atoms with E-state index in [0.29, 0.717) is 18.8 Å². The quantitative estimate of drug-likeness (QED) is 0.824. The van der Waals surface area contributed by atoms with Crippen molar-refractivity contribution in [1.29, 1.82) is 0 Å². The summed E-state index contributed by atoms with van der Waals surface area (Å²) in [6.45, 7) is 8.27. The molecule has 0 aliphatic heterocycles. The average molecular weight is 236 g/mol. The Balaban J connectivity index is 3.06. The minimum atomic E-state index is -0.849. The van der Waals surface area contributed by atoms with Crippen LogP contribution in [0.2, 0.25) is 0 Å². The Kier molecular flexibility index (Phi) is 4.72. The lowest BCUT2D eigenvalue weighted by Gasteiger charge is -2.26. The number of aryl methyl sites for hydroxylation is 1. The van der Waals surface area contributed by atoms with E-state index in [4.69, 9.17) is 5.11 Å². The van der Waals surface area contributed by atoms with Gasteiger partial charge in [-0.05, 0) is 49.3 Å². The van der Waals surface area contributed by atoms with Crippen LogP contribution >= 0.6 is 0 Å². The summed E-state index contributed by atoms with van der Waals surface area (Å²) in [6, 6.07) is 6.28. The lowest BCUT2D eigenvalue weighted by Crippen LogP contribution is -2.23. The first-order valence-electron chi connectivity index (χ1n) is 6.32. The molecule has 1 aromatic carbocycles. The third-order valence-corrected chi connectivity index (χ3v) is 3.33.